The van der Waals surface area contributed by atoms with E-state index >= 15 is 0 Å². The molecule has 0 unspecified atom stereocenters. The van der Waals surface area contributed by atoms with E-state index in [9.17, 15) is 13.2 Å². The van der Waals surface area contributed by atoms with Crippen LogP contribution in [0.15, 0.2) is 5.16 Å². The normalized spacial score (nSPS) is 25.0. The number of amides is 1. The van der Waals surface area contributed by atoms with Crippen LogP contribution in [0.3, 0.4) is 0 Å². The van der Waals surface area contributed by atoms with Crippen molar-refractivity contribution in [3.63, 3.8) is 0 Å². The fraction of sp³-hybridized carbons (Fsp3) is 0.800. The number of sulfone groups is 1. The molecule has 1 aromatic rings. The Morgan fingerprint density at radius 1 is 1.29 bits per heavy atom. The van der Waals surface area contributed by atoms with Gasteiger partial charge in [-0.1, -0.05) is 24.6 Å². The highest BCUT2D eigenvalue weighted by atomic mass is 32.2. The second-order valence-corrected chi connectivity index (χ2v) is 10.3. The molecule has 9 heteroatoms. The third-order valence-corrected chi connectivity index (χ3v) is 7.72. The van der Waals surface area contributed by atoms with Crippen molar-refractivity contribution < 1.29 is 13.2 Å². The molecule has 3 rings (SSSR count). The lowest BCUT2D eigenvalue weighted by Gasteiger charge is -2.16. The largest absolute Gasteiger partial charge is 0.352 e. The standard InChI is InChI=1S/C15H24N4O3S2/c1-10(14(20)16-12-5-3-4-6-12)23-15-18-17-13(19(15)2)11-7-8-24(21,22)9-11/h10-12H,3-9H2,1-2H3,(H,16,20)/t10-,11-/m0/s1. The van der Waals surface area contributed by atoms with E-state index in [2.05, 4.69) is 15.5 Å². The van der Waals surface area contributed by atoms with Gasteiger partial charge in [-0.25, -0.2) is 8.42 Å². The Morgan fingerprint density at radius 2 is 2.00 bits per heavy atom. The highest BCUT2D eigenvalue weighted by Crippen LogP contribution is 2.30. The van der Waals surface area contributed by atoms with Crippen molar-refractivity contribution in [2.45, 2.75) is 61.4 Å². The Morgan fingerprint density at radius 3 is 2.62 bits per heavy atom. The van der Waals surface area contributed by atoms with Crippen LogP contribution in [0.4, 0.5) is 0 Å². The number of nitrogens with zero attached hydrogens (tertiary/aromatic N) is 3. The third kappa shape index (κ3) is 3.93. The Kier molecular flexibility index (Phi) is 5.19. The van der Waals surface area contributed by atoms with Gasteiger partial charge in [0.15, 0.2) is 15.0 Å². The monoisotopic (exact) mass is 372 g/mol. The molecule has 2 atom stereocenters. The molecule has 24 heavy (non-hydrogen) atoms. The Hall–Kier alpha value is -1.09. The molecule has 1 aliphatic heterocycles. The van der Waals surface area contributed by atoms with Crippen LogP contribution in [0.1, 0.15) is 50.8 Å². The summed E-state index contributed by atoms with van der Waals surface area (Å²) in [5, 5.41) is 11.8. The third-order valence-electron chi connectivity index (χ3n) is 4.82. The molecule has 1 saturated carbocycles. The number of carbonyl (C=O) groups is 1. The highest BCUT2D eigenvalue weighted by molar-refractivity contribution is 8.00. The first-order valence-corrected chi connectivity index (χ1v) is 11.1. The Labute approximate surface area is 146 Å². The van der Waals surface area contributed by atoms with Crippen molar-refractivity contribution in [2.24, 2.45) is 7.05 Å². The number of rotatable bonds is 5. The van der Waals surface area contributed by atoms with E-state index in [1.165, 1.54) is 24.6 Å². The summed E-state index contributed by atoms with van der Waals surface area (Å²) in [6.07, 6.45) is 5.09. The number of aromatic nitrogens is 3. The lowest BCUT2D eigenvalue weighted by atomic mass is 10.1. The van der Waals surface area contributed by atoms with Gasteiger partial charge in [-0.05, 0) is 26.2 Å². The SMILES string of the molecule is C[C@H](Sc1nnc([C@H]2CCS(=O)(=O)C2)n1C)C(=O)NC1CCCC1. The van der Waals surface area contributed by atoms with E-state index in [0.29, 0.717) is 23.4 Å². The lowest BCUT2D eigenvalue weighted by Crippen LogP contribution is -2.37. The summed E-state index contributed by atoms with van der Waals surface area (Å²) in [4.78, 5) is 12.3. The van der Waals surface area contributed by atoms with Crippen molar-refractivity contribution in [3.05, 3.63) is 5.82 Å². The molecule has 0 spiro atoms. The molecule has 7 nitrogen and oxygen atoms in total. The molecule has 2 fully saturated rings. The topological polar surface area (TPSA) is 93.9 Å². The average Bonchev–Trinajstić information content (AvgIpc) is 3.22. The zero-order valence-corrected chi connectivity index (χ0v) is 15.7. The summed E-state index contributed by atoms with van der Waals surface area (Å²) in [5.41, 5.74) is 0. The van der Waals surface area contributed by atoms with Gasteiger partial charge in [0.25, 0.3) is 0 Å². The molecule has 1 saturated heterocycles. The summed E-state index contributed by atoms with van der Waals surface area (Å²) in [5.74, 6) is 0.987. The quantitative estimate of drug-likeness (QED) is 0.782. The minimum atomic E-state index is -2.95. The maximum Gasteiger partial charge on any atom is 0.233 e. The number of hydrogen-bond acceptors (Lipinski definition) is 6. The summed E-state index contributed by atoms with van der Waals surface area (Å²) >= 11 is 1.37. The van der Waals surface area contributed by atoms with Gasteiger partial charge in [-0.15, -0.1) is 10.2 Å². The average molecular weight is 373 g/mol. The molecule has 1 aliphatic carbocycles. The maximum absolute atomic E-state index is 12.3. The minimum Gasteiger partial charge on any atom is -0.352 e. The number of carbonyl (C=O) groups excluding carboxylic acids is 1. The van der Waals surface area contributed by atoms with Crippen molar-refractivity contribution in [1.29, 1.82) is 0 Å². The van der Waals surface area contributed by atoms with Crippen LogP contribution in [0, 0.1) is 0 Å². The predicted molar refractivity (Wildman–Crippen MR) is 92.7 cm³/mol. The first kappa shape index (κ1) is 17.7. The number of nitrogens with one attached hydrogen (secondary N) is 1. The fourth-order valence-electron chi connectivity index (χ4n) is 3.38. The van der Waals surface area contributed by atoms with Crippen LogP contribution in [0.2, 0.25) is 0 Å². The molecular weight excluding hydrogens is 348 g/mol. The summed E-state index contributed by atoms with van der Waals surface area (Å²) in [6, 6.07) is 0.305. The molecule has 1 amide bonds. The highest BCUT2D eigenvalue weighted by Gasteiger charge is 2.33. The van der Waals surface area contributed by atoms with Crippen molar-refractivity contribution >= 4 is 27.5 Å². The van der Waals surface area contributed by atoms with E-state index in [1.54, 1.807) is 0 Å². The zero-order chi connectivity index (χ0) is 17.3. The van der Waals surface area contributed by atoms with Gasteiger partial charge < -0.3 is 9.88 Å². The molecule has 2 heterocycles. The second-order valence-electron chi connectivity index (χ2n) is 6.75. The maximum atomic E-state index is 12.3. The van der Waals surface area contributed by atoms with Gasteiger partial charge in [-0.2, -0.15) is 0 Å². The van der Waals surface area contributed by atoms with Crippen molar-refractivity contribution in [1.82, 2.24) is 20.1 Å². The Bertz CT molecular complexity index is 710. The van der Waals surface area contributed by atoms with Crippen LogP contribution < -0.4 is 5.32 Å². The molecule has 134 valence electrons. The second kappa shape index (κ2) is 7.03. The first-order valence-electron chi connectivity index (χ1n) is 8.42. The van der Waals surface area contributed by atoms with Crippen LogP contribution in [-0.2, 0) is 21.7 Å². The molecular formula is C15H24N4O3S2. The van der Waals surface area contributed by atoms with E-state index in [-0.39, 0.29) is 28.6 Å². The van der Waals surface area contributed by atoms with Crippen LogP contribution >= 0.6 is 11.8 Å². The van der Waals surface area contributed by atoms with Crippen molar-refractivity contribution in [3.8, 4) is 0 Å². The molecule has 1 aromatic heterocycles. The minimum absolute atomic E-state index is 0.0277. The lowest BCUT2D eigenvalue weighted by molar-refractivity contribution is -0.120. The number of hydrogen-bond donors (Lipinski definition) is 1. The Balaban J connectivity index is 1.62. The van der Waals surface area contributed by atoms with Gasteiger partial charge in [0, 0.05) is 19.0 Å². The van der Waals surface area contributed by atoms with E-state index in [4.69, 9.17) is 0 Å². The molecule has 0 radical (unpaired) electrons. The summed E-state index contributed by atoms with van der Waals surface area (Å²) < 4.78 is 25.1. The number of thioether (sulfide) groups is 1. The predicted octanol–water partition coefficient (Wildman–Crippen LogP) is 1.26. The van der Waals surface area contributed by atoms with Gasteiger partial charge in [0.05, 0.1) is 16.8 Å². The smallest absolute Gasteiger partial charge is 0.233 e. The summed E-state index contributed by atoms with van der Waals surface area (Å²) in [7, 11) is -1.12. The first-order chi connectivity index (χ1) is 11.4. The summed E-state index contributed by atoms with van der Waals surface area (Å²) in [6.45, 7) is 1.86. The molecule has 0 aromatic carbocycles. The molecule has 2 aliphatic rings. The van der Waals surface area contributed by atoms with Gasteiger partial charge in [0.1, 0.15) is 5.82 Å². The van der Waals surface area contributed by atoms with Gasteiger partial charge in [0.2, 0.25) is 5.91 Å². The molecule has 0 bridgehead atoms. The van der Waals surface area contributed by atoms with Crippen LogP contribution in [0.25, 0.3) is 0 Å². The van der Waals surface area contributed by atoms with E-state index in [1.807, 2.05) is 18.5 Å². The van der Waals surface area contributed by atoms with Gasteiger partial charge >= 0.3 is 0 Å². The van der Waals surface area contributed by atoms with E-state index in [0.717, 1.165) is 12.8 Å². The van der Waals surface area contributed by atoms with Crippen molar-refractivity contribution in [2.75, 3.05) is 11.5 Å². The molecule has 1 N–H and O–H groups in total. The van der Waals surface area contributed by atoms with Crippen LogP contribution in [-0.4, -0.2) is 51.9 Å². The zero-order valence-electron chi connectivity index (χ0n) is 14.1. The van der Waals surface area contributed by atoms with Gasteiger partial charge in [-0.3, -0.25) is 4.79 Å². The van der Waals surface area contributed by atoms with E-state index < -0.39 is 9.84 Å². The van der Waals surface area contributed by atoms with Crippen LogP contribution in [0.5, 0.6) is 0 Å². The fourth-order valence-corrected chi connectivity index (χ4v) is 5.95.